The van der Waals surface area contributed by atoms with Gasteiger partial charge >= 0.3 is 0 Å². The van der Waals surface area contributed by atoms with E-state index >= 15 is 0 Å². The van der Waals surface area contributed by atoms with Gasteiger partial charge in [-0.15, -0.1) is 0 Å². The summed E-state index contributed by atoms with van der Waals surface area (Å²) in [6, 6.07) is 14.8. The summed E-state index contributed by atoms with van der Waals surface area (Å²) in [5.74, 6) is 1.57. The monoisotopic (exact) mass is 418 g/mol. The number of piperidine rings is 1. The highest BCUT2D eigenvalue weighted by Crippen LogP contribution is 2.31. The van der Waals surface area contributed by atoms with E-state index in [0.717, 1.165) is 43.1 Å². The summed E-state index contributed by atoms with van der Waals surface area (Å²) in [5, 5.41) is 2.71. The maximum atomic E-state index is 6.34. The molecular formula is C23H23ClN6. The standard InChI is InChI=1S/C23H23ClN6/c1-29(14-17-10-7-9-16-8-3-4-11-18(16)17)21-20-19(25-15-26-21)22(28-23(24)27-20)30-12-5-2-6-13-30/h3-4,7-11,15H,2,5-6,12-14H2,1H3. The molecule has 1 aliphatic heterocycles. The Kier molecular flexibility index (Phi) is 5.09. The van der Waals surface area contributed by atoms with Crippen LogP contribution in [0.15, 0.2) is 48.8 Å². The molecule has 1 saturated heterocycles. The summed E-state index contributed by atoms with van der Waals surface area (Å²) in [6.45, 7) is 2.63. The summed E-state index contributed by atoms with van der Waals surface area (Å²) in [6.07, 6.45) is 5.16. The third-order valence-corrected chi connectivity index (χ3v) is 5.89. The molecule has 3 heterocycles. The van der Waals surface area contributed by atoms with Crippen LogP contribution in [0.2, 0.25) is 5.28 Å². The molecule has 0 saturated carbocycles. The summed E-state index contributed by atoms with van der Waals surface area (Å²) >= 11 is 6.34. The van der Waals surface area contributed by atoms with Crippen molar-refractivity contribution in [2.75, 3.05) is 29.9 Å². The average Bonchev–Trinajstić information content (AvgIpc) is 2.79. The van der Waals surface area contributed by atoms with E-state index in [4.69, 9.17) is 11.6 Å². The van der Waals surface area contributed by atoms with Gasteiger partial charge in [0.15, 0.2) is 11.6 Å². The van der Waals surface area contributed by atoms with E-state index in [1.54, 1.807) is 6.33 Å². The van der Waals surface area contributed by atoms with Crippen molar-refractivity contribution >= 4 is 45.0 Å². The second kappa shape index (κ2) is 8.03. The Balaban J connectivity index is 1.56. The molecule has 2 aromatic heterocycles. The number of benzene rings is 2. The minimum Gasteiger partial charge on any atom is -0.355 e. The van der Waals surface area contributed by atoms with Gasteiger partial charge in [-0.05, 0) is 47.2 Å². The summed E-state index contributed by atoms with van der Waals surface area (Å²) < 4.78 is 0. The zero-order valence-corrected chi connectivity index (χ0v) is 17.7. The lowest BCUT2D eigenvalue weighted by Gasteiger charge is -2.28. The lowest BCUT2D eigenvalue weighted by atomic mass is 10.0. The maximum absolute atomic E-state index is 6.34. The van der Waals surface area contributed by atoms with Crippen LogP contribution in [-0.2, 0) is 6.54 Å². The van der Waals surface area contributed by atoms with Gasteiger partial charge in [0.2, 0.25) is 5.28 Å². The molecule has 1 aliphatic rings. The number of hydrogen-bond donors (Lipinski definition) is 0. The van der Waals surface area contributed by atoms with Crippen molar-refractivity contribution in [2.45, 2.75) is 25.8 Å². The van der Waals surface area contributed by atoms with Gasteiger partial charge in [-0.2, -0.15) is 4.98 Å². The quantitative estimate of drug-likeness (QED) is 0.441. The van der Waals surface area contributed by atoms with Crippen LogP contribution in [0.25, 0.3) is 21.8 Å². The fourth-order valence-corrected chi connectivity index (χ4v) is 4.42. The first-order valence-corrected chi connectivity index (χ1v) is 10.7. The van der Waals surface area contributed by atoms with Crippen molar-refractivity contribution in [3.05, 3.63) is 59.6 Å². The van der Waals surface area contributed by atoms with Crippen molar-refractivity contribution < 1.29 is 0 Å². The first kappa shape index (κ1) is 19.0. The number of rotatable bonds is 4. The molecular weight excluding hydrogens is 396 g/mol. The summed E-state index contributed by atoms with van der Waals surface area (Å²) in [7, 11) is 2.03. The van der Waals surface area contributed by atoms with Crippen LogP contribution in [0, 0.1) is 0 Å². The Bertz CT molecular complexity index is 1200. The summed E-state index contributed by atoms with van der Waals surface area (Å²) in [4.78, 5) is 22.5. The molecule has 0 bridgehead atoms. The molecule has 0 unspecified atom stereocenters. The van der Waals surface area contributed by atoms with E-state index in [0.29, 0.717) is 12.1 Å². The minimum atomic E-state index is 0.234. The molecule has 0 spiro atoms. The lowest BCUT2D eigenvalue weighted by Crippen LogP contribution is -2.30. The fourth-order valence-electron chi connectivity index (χ4n) is 4.26. The number of aromatic nitrogens is 4. The van der Waals surface area contributed by atoms with E-state index in [9.17, 15) is 0 Å². The minimum absolute atomic E-state index is 0.234. The van der Waals surface area contributed by atoms with Crippen molar-refractivity contribution in [3.63, 3.8) is 0 Å². The van der Waals surface area contributed by atoms with Gasteiger partial charge in [-0.1, -0.05) is 42.5 Å². The zero-order valence-electron chi connectivity index (χ0n) is 16.9. The fraction of sp³-hybridized carbons (Fsp3) is 0.304. The second-order valence-electron chi connectivity index (χ2n) is 7.75. The van der Waals surface area contributed by atoms with Crippen LogP contribution in [-0.4, -0.2) is 40.1 Å². The molecule has 6 nitrogen and oxygen atoms in total. The Labute approximate surface area is 180 Å². The lowest BCUT2D eigenvalue weighted by molar-refractivity contribution is 0.574. The van der Waals surface area contributed by atoms with Gasteiger partial charge in [-0.25, -0.2) is 15.0 Å². The first-order chi connectivity index (χ1) is 14.7. The molecule has 2 aromatic carbocycles. The first-order valence-electron chi connectivity index (χ1n) is 10.3. The number of halogens is 1. The predicted molar refractivity (Wildman–Crippen MR) is 122 cm³/mol. The Morgan fingerprint density at radius 2 is 1.73 bits per heavy atom. The van der Waals surface area contributed by atoms with Crippen molar-refractivity contribution in [1.82, 2.24) is 19.9 Å². The highest BCUT2D eigenvalue weighted by atomic mass is 35.5. The van der Waals surface area contributed by atoms with Gasteiger partial charge in [-0.3, -0.25) is 0 Å². The van der Waals surface area contributed by atoms with Crippen molar-refractivity contribution in [3.8, 4) is 0 Å². The molecule has 0 amide bonds. The second-order valence-corrected chi connectivity index (χ2v) is 8.09. The van der Waals surface area contributed by atoms with Crippen LogP contribution < -0.4 is 9.80 Å². The largest absolute Gasteiger partial charge is 0.355 e. The smallest absolute Gasteiger partial charge is 0.225 e. The van der Waals surface area contributed by atoms with E-state index in [-0.39, 0.29) is 5.28 Å². The molecule has 0 atom stereocenters. The zero-order chi connectivity index (χ0) is 20.5. The topological polar surface area (TPSA) is 58.0 Å². The van der Waals surface area contributed by atoms with Crippen LogP contribution in [0.4, 0.5) is 11.6 Å². The molecule has 0 radical (unpaired) electrons. The Hall–Kier alpha value is -2.99. The predicted octanol–water partition coefficient (Wildman–Crippen LogP) is 4.85. The third kappa shape index (κ3) is 3.52. The molecule has 4 aromatic rings. The van der Waals surface area contributed by atoms with E-state index in [1.807, 2.05) is 7.05 Å². The number of fused-ring (bicyclic) bond motifs is 2. The average molecular weight is 419 g/mol. The van der Waals surface area contributed by atoms with Gasteiger partial charge in [0.05, 0.1) is 0 Å². The van der Waals surface area contributed by atoms with Gasteiger partial charge in [0.1, 0.15) is 17.4 Å². The summed E-state index contributed by atoms with van der Waals surface area (Å²) in [5.41, 5.74) is 2.69. The number of anilines is 2. The molecule has 30 heavy (non-hydrogen) atoms. The number of nitrogens with zero attached hydrogens (tertiary/aromatic N) is 6. The maximum Gasteiger partial charge on any atom is 0.225 e. The third-order valence-electron chi connectivity index (χ3n) is 5.72. The Morgan fingerprint density at radius 1 is 0.933 bits per heavy atom. The van der Waals surface area contributed by atoms with Crippen molar-refractivity contribution in [1.29, 1.82) is 0 Å². The van der Waals surface area contributed by atoms with Gasteiger partial charge < -0.3 is 9.80 Å². The molecule has 7 heteroatoms. The number of hydrogen-bond acceptors (Lipinski definition) is 6. The normalized spacial score (nSPS) is 14.4. The van der Waals surface area contributed by atoms with Crippen LogP contribution >= 0.6 is 11.6 Å². The van der Waals surface area contributed by atoms with E-state index in [2.05, 4.69) is 72.2 Å². The van der Waals surface area contributed by atoms with Gasteiger partial charge in [0.25, 0.3) is 0 Å². The van der Waals surface area contributed by atoms with E-state index in [1.165, 1.54) is 22.8 Å². The highest BCUT2D eigenvalue weighted by molar-refractivity contribution is 6.29. The SMILES string of the molecule is CN(Cc1cccc2ccccc12)c1ncnc2c(N3CCCCC3)nc(Cl)nc12. The molecule has 0 aliphatic carbocycles. The van der Waals surface area contributed by atoms with E-state index < -0.39 is 0 Å². The van der Waals surface area contributed by atoms with Crippen LogP contribution in [0.3, 0.4) is 0 Å². The Morgan fingerprint density at radius 3 is 2.60 bits per heavy atom. The highest BCUT2D eigenvalue weighted by Gasteiger charge is 2.21. The molecule has 0 N–H and O–H groups in total. The van der Waals surface area contributed by atoms with Crippen LogP contribution in [0.5, 0.6) is 0 Å². The van der Waals surface area contributed by atoms with Gasteiger partial charge in [0, 0.05) is 26.7 Å². The molecule has 5 rings (SSSR count). The van der Waals surface area contributed by atoms with Crippen LogP contribution in [0.1, 0.15) is 24.8 Å². The molecule has 152 valence electrons. The van der Waals surface area contributed by atoms with Crippen molar-refractivity contribution in [2.24, 2.45) is 0 Å². The molecule has 1 fully saturated rings.